The first-order valence-corrected chi connectivity index (χ1v) is 17.0. The fourth-order valence-corrected chi connectivity index (χ4v) is 6.14. The number of hydrogen-bond acceptors (Lipinski definition) is 9. The van der Waals surface area contributed by atoms with E-state index in [4.69, 9.17) is 35.5 Å². The Balaban J connectivity index is 2.31. The Kier molecular flexibility index (Phi) is 10.3. The van der Waals surface area contributed by atoms with Crippen LogP contribution in [0, 0.1) is 0 Å². The second-order valence-corrected chi connectivity index (χ2v) is 17.9. The maximum absolute atomic E-state index is 13.2. The molecule has 2 N–H and O–H groups in total. The van der Waals surface area contributed by atoms with Crippen LogP contribution in [0.25, 0.3) is 11.2 Å². The minimum absolute atomic E-state index is 0.0112. The van der Waals surface area contributed by atoms with Gasteiger partial charge in [0.25, 0.3) is 0 Å². The smallest absolute Gasteiger partial charge is 0.356 e. The van der Waals surface area contributed by atoms with E-state index in [2.05, 4.69) is 55.4 Å². The van der Waals surface area contributed by atoms with Crippen molar-refractivity contribution in [2.75, 3.05) is 25.3 Å². The van der Waals surface area contributed by atoms with E-state index in [0.717, 1.165) is 0 Å². The number of hydrogen-bond donors (Lipinski definition) is 1. The quantitative estimate of drug-likeness (QED) is 0.132. The van der Waals surface area contributed by atoms with Gasteiger partial charge in [-0.3, -0.25) is 4.57 Å². The molecule has 10 nitrogen and oxygen atoms in total. The van der Waals surface area contributed by atoms with Crippen LogP contribution in [-0.2, 0) is 22.8 Å². The number of nitrogen functional groups attached to an aromatic ring is 1. The van der Waals surface area contributed by atoms with Crippen molar-refractivity contribution in [2.45, 2.75) is 84.8 Å². The lowest BCUT2D eigenvalue weighted by Gasteiger charge is -2.37. The van der Waals surface area contributed by atoms with Crippen LogP contribution in [0.4, 0.5) is 5.95 Å². The largest absolute Gasteiger partial charge is 0.414 e. The standard InChI is InChI=1S/C23H41ClN5O5PSi/c1-15(2)33-35(30,34-16(3)4)14-31-11-17(5)18(12-32-36(9,10)23(6,7)8)29-13-26-19-20(24)27-22(25)28-21(19)29/h13,15-16,18H,5,11-12,14H2,1-4,6-10H3,(H2,25,27,28). The summed E-state index contributed by atoms with van der Waals surface area (Å²) in [7, 11) is -5.55. The van der Waals surface area contributed by atoms with Gasteiger partial charge in [-0.15, -0.1) is 0 Å². The zero-order valence-electron chi connectivity index (χ0n) is 22.9. The van der Waals surface area contributed by atoms with Gasteiger partial charge in [-0.1, -0.05) is 39.0 Å². The van der Waals surface area contributed by atoms with Crippen LogP contribution in [0.1, 0.15) is 54.5 Å². The summed E-state index contributed by atoms with van der Waals surface area (Å²) in [5.74, 6) is 0.0396. The second-order valence-electron chi connectivity index (χ2n) is 10.8. The Labute approximate surface area is 220 Å². The third-order valence-corrected chi connectivity index (χ3v) is 12.6. The summed E-state index contributed by atoms with van der Waals surface area (Å²) in [6.07, 6.45) is 0.854. The van der Waals surface area contributed by atoms with Crippen molar-refractivity contribution >= 4 is 44.6 Å². The maximum Gasteiger partial charge on any atom is 0.356 e. The van der Waals surface area contributed by atoms with Crippen molar-refractivity contribution in [1.29, 1.82) is 0 Å². The lowest BCUT2D eigenvalue weighted by molar-refractivity contribution is 0.103. The molecule has 36 heavy (non-hydrogen) atoms. The van der Waals surface area contributed by atoms with Crippen LogP contribution in [-0.4, -0.2) is 59.6 Å². The monoisotopic (exact) mass is 561 g/mol. The predicted octanol–water partition coefficient (Wildman–Crippen LogP) is 6.20. The van der Waals surface area contributed by atoms with E-state index in [-0.39, 0.29) is 41.3 Å². The molecule has 2 aromatic heterocycles. The zero-order chi connectivity index (χ0) is 27.5. The number of rotatable bonds is 13. The molecule has 0 aromatic carbocycles. The number of aromatic nitrogens is 4. The van der Waals surface area contributed by atoms with E-state index in [1.54, 1.807) is 34.0 Å². The van der Waals surface area contributed by atoms with E-state index >= 15 is 0 Å². The Morgan fingerprint density at radius 3 is 2.31 bits per heavy atom. The fraction of sp³-hybridized carbons (Fsp3) is 0.696. The number of imidazole rings is 1. The van der Waals surface area contributed by atoms with E-state index in [1.807, 2.05) is 4.57 Å². The van der Waals surface area contributed by atoms with E-state index in [0.29, 0.717) is 23.3 Å². The average molecular weight is 562 g/mol. The molecule has 1 unspecified atom stereocenters. The molecule has 0 fully saturated rings. The van der Waals surface area contributed by atoms with E-state index < -0.39 is 22.0 Å². The number of anilines is 1. The lowest BCUT2D eigenvalue weighted by atomic mass is 10.1. The molecule has 2 aromatic rings. The van der Waals surface area contributed by atoms with Gasteiger partial charge < -0.3 is 28.5 Å². The number of fused-ring (bicyclic) bond motifs is 1. The summed E-state index contributed by atoms with van der Waals surface area (Å²) in [6, 6.07) is -0.397. The lowest BCUT2D eigenvalue weighted by Crippen LogP contribution is -2.42. The maximum atomic E-state index is 13.2. The average Bonchev–Trinajstić information content (AvgIpc) is 3.09. The highest BCUT2D eigenvalue weighted by Crippen LogP contribution is 2.50. The molecular formula is C23H41ClN5O5PSi. The van der Waals surface area contributed by atoms with Gasteiger partial charge in [0, 0.05) is 0 Å². The minimum atomic E-state index is -3.46. The molecule has 1 atom stereocenters. The summed E-state index contributed by atoms with van der Waals surface area (Å²) in [5.41, 5.74) is 7.42. The molecule has 0 aliphatic heterocycles. The van der Waals surface area contributed by atoms with E-state index in [9.17, 15) is 4.57 Å². The summed E-state index contributed by atoms with van der Waals surface area (Å²) >= 11 is 6.25. The van der Waals surface area contributed by atoms with Crippen molar-refractivity contribution in [3.05, 3.63) is 23.6 Å². The first kappa shape index (κ1) is 30.9. The SMILES string of the molecule is C=C(COCP(=O)(OC(C)C)OC(C)C)C(CO[Si](C)(C)C(C)(C)C)n1cnc2c(Cl)nc(N)nc21. The van der Waals surface area contributed by atoms with Crippen LogP contribution in [0.15, 0.2) is 18.5 Å². The van der Waals surface area contributed by atoms with Gasteiger partial charge in [0.05, 0.1) is 37.8 Å². The van der Waals surface area contributed by atoms with Crippen molar-refractivity contribution in [2.24, 2.45) is 0 Å². The highest BCUT2D eigenvalue weighted by Gasteiger charge is 2.38. The van der Waals surface area contributed by atoms with Gasteiger partial charge in [0.2, 0.25) is 5.95 Å². The number of nitrogens with two attached hydrogens (primary N) is 1. The van der Waals surface area contributed by atoms with E-state index in [1.165, 1.54) is 0 Å². The molecule has 0 spiro atoms. The third kappa shape index (κ3) is 8.08. The molecule has 0 aliphatic rings. The fourth-order valence-electron chi connectivity index (χ4n) is 3.14. The molecule has 0 amide bonds. The van der Waals surface area contributed by atoms with Gasteiger partial charge in [0.1, 0.15) is 11.9 Å². The molecule has 0 aliphatic carbocycles. The van der Waals surface area contributed by atoms with Crippen LogP contribution in [0.3, 0.4) is 0 Å². The van der Waals surface area contributed by atoms with Crippen LogP contribution >= 0.6 is 19.2 Å². The molecule has 13 heteroatoms. The summed E-state index contributed by atoms with van der Waals surface area (Å²) in [5, 5.41) is 0.178. The van der Waals surface area contributed by atoms with Crippen molar-refractivity contribution in [1.82, 2.24) is 19.5 Å². The van der Waals surface area contributed by atoms with Crippen molar-refractivity contribution < 1.29 is 22.8 Å². The van der Waals surface area contributed by atoms with Gasteiger partial charge in [-0.25, -0.2) is 4.98 Å². The molecule has 2 rings (SSSR count). The van der Waals surface area contributed by atoms with Crippen molar-refractivity contribution in [3.63, 3.8) is 0 Å². The van der Waals surface area contributed by atoms with Gasteiger partial charge in [-0.2, -0.15) is 9.97 Å². The zero-order valence-corrected chi connectivity index (χ0v) is 25.5. The second kappa shape index (κ2) is 12.0. The first-order chi connectivity index (χ1) is 16.5. The first-order valence-electron chi connectivity index (χ1n) is 12.0. The topological polar surface area (TPSA) is 124 Å². The summed E-state index contributed by atoms with van der Waals surface area (Å²) in [4.78, 5) is 12.7. The molecule has 0 saturated carbocycles. The highest BCUT2D eigenvalue weighted by molar-refractivity contribution is 7.53. The Bertz CT molecular complexity index is 1090. The van der Waals surface area contributed by atoms with Crippen molar-refractivity contribution in [3.8, 4) is 0 Å². The Morgan fingerprint density at radius 2 is 1.78 bits per heavy atom. The molecule has 0 saturated heterocycles. The Morgan fingerprint density at radius 1 is 1.19 bits per heavy atom. The van der Waals surface area contributed by atoms with Gasteiger partial charge >= 0.3 is 7.60 Å². The predicted molar refractivity (Wildman–Crippen MR) is 147 cm³/mol. The molecule has 0 bridgehead atoms. The normalized spacial score (nSPS) is 14.2. The summed E-state index contributed by atoms with van der Waals surface area (Å²) in [6.45, 7) is 22.7. The highest BCUT2D eigenvalue weighted by atomic mass is 35.5. The minimum Gasteiger partial charge on any atom is -0.414 e. The van der Waals surface area contributed by atoms with Crippen LogP contribution in [0.5, 0.6) is 0 Å². The third-order valence-electron chi connectivity index (χ3n) is 5.89. The Hall–Kier alpha value is -1.33. The van der Waals surface area contributed by atoms with Gasteiger partial charge in [-0.05, 0) is 51.4 Å². The summed E-state index contributed by atoms with van der Waals surface area (Å²) < 4.78 is 38.5. The van der Waals surface area contributed by atoms with Crippen LogP contribution in [0.2, 0.25) is 23.3 Å². The molecule has 204 valence electrons. The molecular weight excluding hydrogens is 521 g/mol. The number of halogens is 1. The van der Waals surface area contributed by atoms with Crippen LogP contribution < -0.4 is 5.73 Å². The number of nitrogens with zero attached hydrogens (tertiary/aromatic N) is 4. The molecule has 2 heterocycles. The molecule has 0 radical (unpaired) electrons. The van der Waals surface area contributed by atoms with Gasteiger partial charge in [0.15, 0.2) is 19.1 Å². The number of ether oxygens (including phenoxy) is 1.